The van der Waals surface area contributed by atoms with Crippen molar-refractivity contribution in [1.82, 2.24) is 0 Å². The van der Waals surface area contributed by atoms with Gasteiger partial charge in [0.05, 0.1) is 11.0 Å². The summed E-state index contributed by atoms with van der Waals surface area (Å²) in [6.45, 7) is 13.8. The van der Waals surface area contributed by atoms with E-state index >= 15 is 0 Å². The van der Waals surface area contributed by atoms with Gasteiger partial charge >= 0.3 is 0 Å². The third-order valence-corrected chi connectivity index (χ3v) is 10.9. The topological polar surface area (TPSA) is 18.8 Å². The first-order chi connectivity index (χ1) is 18.1. The molecule has 3 nitrogen and oxygen atoms in total. The zero-order valence-electron chi connectivity index (χ0n) is 23.9. The highest BCUT2D eigenvalue weighted by molar-refractivity contribution is 9.52. The molecule has 1 heterocycles. The Kier molecular flexibility index (Phi) is 13.5. The van der Waals surface area contributed by atoms with Crippen LogP contribution in [0.2, 0.25) is 0 Å². The van der Waals surface area contributed by atoms with Gasteiger partial charge in [-0.2, -0.15) is 0 Å². The summed E-state index contributed by atoms with van der Waals surface area (Å²) in [5.74, 6) is 0. The molecule has 0 saturated carbocycles. The Hall–Kier alpha value is -1.33. The lowest BCUT2D eigenvalue weighted by Gasteiger charge is -2.27. The molecule has 5 heteroatoms. The van der Waals surface area contributed by atoms with E-state index in [0.717, 1.165) is 37.2 Å². The number of fused-ring (bicyclic) bond motifs is 2. The Labute approximate surface area is 236 Å². The third-order valence-electron chi connectivity index (χ3n) is 7.37. The van der Waals surface area contributed by atoms with Crippen LogP contribution in [0, 0.1) is 4.51 Å². The molecule has 1 atom stereocenters. The molecule has 0 radical (unpaired) electrons. The molecule has 37 heavy (non-hydrogen) atoms. The Morgan fingerprint density at radius 1 is 0.622 bits per heavy atom. The predicted molar refractivity (Wildman–Crippen MR) is 170 cm³/mol. The van der Waals surface area contributed by atoms with E-state index < -0.39 is 0 Å². The number of unbranched alkanes of at least 4 members (excludes halogenated alkanes) is 8. The monoisotopic (exact) mass is 587 g/mol. The molecule has 2 aromatic rings. The quantitative estimate of drug-likeness (QED) is 0.127. The Morgan fingerprint density at radius 2 is 1.08 bits per heavy atom. The molecule has 0 aromatic heterocycles. The second-order valence-electron chi connectivity index (χ2n) is 10.5. The standard InChI is InChI=1S/C32H50BrN3S/c1-5-9-13-21-35(22-14-10-6-2)27-17-19-29-31(25-27)37(33)32-26-28(18-20-30(32)34-29)36(23-15-11-7-3)24-16-12-8-4/h17-20,25-26H,5-16,21-24H2,1-4H3. The van der Waals surface area contributed by atoms with Crippen LogP contribution in [0.3, 0.4) is 0 Å². The van der Waals surface area contributed by atoms with Crippen molar-refractivity contribution in [3.63, 3.8) is 0 Å². The van der Waals surface area contributed by atoms with Crippen LogP contribution in [0.15, 0.2) is 46.3 Å². The average molecular weight is 589 g/mol. The van der Waals surface area contributed by atoms with Gasteiger partial charge in [-0.25, -0.2) is 4.99 Å². The number of hydrogen-bond donors (Lipinski definition) is 0. The van der Waals surface area contributed by atoms with Crippen molar-refractivity contribution in [2.75, 3.05) is 36.0 Å². The molecule has 0 spiro atoms. The summed E-state index contributed by atoms with van der Waals surface area (Å²) < 4.78 is 1.33. The van der Waals surface area contributed by atoms with Gasteiger partial charge in [0, 0.05) is 47.0 Å². The number of hydrogen-bond acceptors (Lipinski definition) is 3. The van der Waals surface area contributed by atoms with Crippen molar-refractivity contribution in [2.45, 2.75) is 110 Å². The molecule has 3 rings (SSSR count). The number of benzene rings is 2. The molecule has 206 valence electrons. The SMILES string of the molecule is CCCCCN(CCCCC)c1ccc2c(c1)S(Br)=c1cc(N(CCCCC)CCCCC)ccc1=N2. The van der Waals surface area contributed by atoms with E-state index in [1.807, 2.05) is 0 Å². The maximum absolute atomic E-state index is 5.10. The summed E-state index contributed by atoms with van der Waals surface area (Å²) in [6, 6.07) is 13.9. The van der Waals surface area contributed by atoms with Crippen LogP contribution < -0.4 is 15.2 Å². The fourth-order valence-corrected chi connectivity index (χ4v) is 7.91. The largest absolute Gasteiger partial charge is 0.372 e. The van der Waals surface area contributed by atoms with E-state index in [4.69, 9.17) is 4.99 Å². The molecular weight excluding hydrogens is 538 g/mol. The van der Waals surface area contributed by atoms with Gasteiger partial charge in [0.1, 0.15) is 0 Å². The maximum Gasteiger partial charge on any atom is 0.0778 e. The highest BCUT2D eigenvalue weighted by Crippen LogP contribution is 2.46. The minimum absolute atomic E-state index is 0.158. The maximum atomic E-state index is 5.10. The third kappa shape index (κ3) is 8.85. The Morgan fingerprint density at radius 3 is 1.57 bits per heavy atom. The minimum Gasteiger partial charge on any atom is -0.372 e. The number of anilines is 2. The second-order valence-corrected chi connectivity index (χ2v) is 13.8. The van der Waals surface area contributed by atoms with Crippen LogP contribution in [-0.4, -0.2) is 26.2 Å². The van der Waals surface area contributed by atoms with Crippen molar-refractivity contribution < 1.29 is 0 Å². The van der Waals surface area contributed by atoms with Crippen molar-refractivity contribution in [2.24, 2.45) is 4.99 Å². The summed E-state index contributed by atoms with van der Waals surface area (Å²) in [5, 5.41) is 1.12. The van der Waals surface area contributed by atoms with Crippen LogP contribution in [0.5, 0.6) is 0 Å². The zero-order valence-corrected chi connectivity index (χ0v) is 26.3. The smallest absolute Gasteiger partial charge is 0.0778 e. The van der Waals surface area contributed by atoms with Crippen molar-refractivity contribution in [1.29, 1.82) is 0 Å². The lowest BCUT2D eigenvalue weighted by atomic mass is 10.1. The molecule has 0 bridgehead atoms. The molecule has 0 N–H and O–H groups in total. The lowest BCUT2D eigenvalue weighted by molar-refractivity contribution is 0.636. The van der Waals surface area contributed by atoms with Crippen LogP contribution in [0.25, 0.3) is 0 Å². The molecule has 1 unspecified atom stereocenters. The molecule has 1 aliphatic heterocycles. The summed E-state index contributed by atoms with van der Waals surface area (Å²) in [6.07, 6.45) is 15.3. The van der Waals surface area contributed by atoms with Crippen LogP contribution in [-0.2, 0) is 0 Å². The van der Waals surface area contributed by atoms with Gasteiger partial charge in [-0.3, -0.25) is 0 Å². The van der Waals surface area contributed by atoms with Gasteiger partial charge in [-0.15, -0.1) is 0 Å². The molecule has 0 amide bonds. The fraction of sp³-hybridized carbons (Fsp3) is 0.625. The molecule has 2 aromatic carbocycles. The van der Waals surface area contributed by atoms with E-state index in [2.05, 4.69) is 88.7 Å². The van der Waals surface area contributed by atoms with Gasteiger partial charge in [-0.1, -0.05) is 88.0 Å². The van der Waals surface area contributed by atoms with Crippen molar-refractivity contribution in [3.8, 4) is 0 Å². The van der Waals surface area contributed by atoms with Crippen molar-refractivity contribution in [3.05, 3.63) is 46.3 Å². The predicted octanol–water partition coefficient (Wildman–Crippen LogP) is 10.2. The van der Waals surface area contributed by atoms with Crippen LogP contribution in [0.4, 0.5) is 17.1 Å². The van der Waals surface area contributed by atoms with Gasteiger partial charge < -0.3 is 9.80 Å². The first kappa shape index (κ1) is 30.2. The molecule has 0 fully saturated rings. The van der Waals surface area contributed by atoms with Crippen LogP contribution >= 0.6 is 23.7 Å². The molecule has 0 aliphatic carbocycles. The normalized spacial score (nSPS) is 14.1. The lowest BCUT2D eigenvalue weighted by Crippen LogP contribution is -2.26. The summed E-state index contributed by atoms with van der Waals surface area (Å²) in [4.78, 5) is 11.7. The van der Waals surface area contributed by atoms with Crippen LogP contribution in [0.1, 0.15) is 105 Å². The van der Waals surface area contributed by atoms with E-state index in [-0.39, 0.29) is 8.92 Å². The first-order valence-electron chi connectivity index (χ1n) is 15.0. The number of rotatable bonds is 18. The average Bonchev–Trinajstić information content (AvgIpc) is 2.92. The van der Waals surface area contributed by atoms with E-state index in [9.17, 15) is 0 Å². The summed E-state index contributed by atoms with van der Waals surface area (Å²) >= 11 is 4.14. The summed E-state index contributed by atoms with van der Waals surface area (Å²) in [7, 11) is -0.158. The van der Waals surface area contributed by atoms with Gasteiger partial charge in [0.25, 0.3) is 0 Å². The fourth-order valence-electron chi connectivity index (χ4n) is 5.07. The molecular formula is C32H50BrN3S. The Bertz CT molecular complexity index is 1060. The molecule has 0 saturated heterocycles. The van der Waals surface area contributed by atoms with Gasteiger partial charge in [-0.05, 0) is 76.9 Å². The highest BCUT2D eigenvalue weighted by atomic mass is 79.9. The minimum atomic E-state index is -0.158. The van der Waals surface area contributed by atoms with E-state index in [0.29, 0.717) is 0 Å². The Balaban J connectivity index is 1.92. The van der Waals surface area contributed by atoms with E-state index in [1.165, 1.54) is 97.8 Å². The number of nitrogens with zero attached hydrogens (tertiary/aromatic N) is 3. The number of halogens is 1. The summed E-state index contributed by atoms with van der Waals surface area (Å²) in [5.41, 5.74) is 3.84. The van der Waals surface area contributed by atoms with Gasteiger partial charge in [0.15, 0.2) is 0 Å². The second kappa shape index (κ2) is 16.6. The van der Waals surface area contributed by atoms with Crippen molar-refractivity contribution >= 4 is 40.8 Å². The highest BCUT2D eigenvalue weighted by Gasteiger charge is 2.16. The first-order valence-corrected chi connectivity index (χ1v) is 18.1. The zero-order chi connectivity index (χ0) is 26.5. The molecule has 1 aliphatic rings. The van der Waals surface area contributed by atoms with E-state index in [1.54, 1.807) is 0 Å². The van der Waals surface area contributed by atoms with Gasteiger partial charge in [0.2, 0.25) is 0 Å².